The largest absolute Gasteiger partial charge is 0.363 e. The molecule has 0 fully saturated rings. The van der Waals surface area contributed by atoms with Gasteiger partial charge in [0.2, 0.25) is 10.1 Å². The van der Waals surface area contributed by atoms with Crippen molar-refractivity contribution in [2.24, 2.45) is 7.05 Å². The van der Waals surface area contributed by atoms with Crippen molar-refractivity contribution in [3.05, 3.63) is 23.0 Å². The molecule has 0 unspecified atom stereocenters. The molecule has 0 saturated carbocycles. The summed E-state index contributed by atoms with van der Waals surface area (Å²) in [6, 6.07) is 0. The summed E-state index contributed by atoms with van der Waals surface area (Å²) in [7, 11) is 3.60. The zero-order chi connectivity index (χ0) is 13.0. The van der Waals surface area contributed by atoms with Crippen LogP contribution in [0.2, 0.25) is 0 Å². The molecule has 8 heteroatoms. The lowest BCUT2D eigenvalue weighted by atomic mass is 10.2. The first-order chi connectivity index (χ1) is 8.69. The predicted molar refractivity (Wildman–Crippen MR) is 68.7 cm³/mol. The van der Waals surface area contributed by atoms with Gasteiger partial charge in [-0.2, -0.15) is 5.10 Å². The summed E-state index contributed by atoms with van der Waals surface area (Å²) in [6.07, 6.45) is 4.46. The maximum atomic E-state index is 11.7. The van der Waals surface area contributed by atoms with Crippen molar-refractivity contribution in [2.75, 3.05) is 18.9 Å². The van der Waals surface area contributed by atoms with Gasteiger partial charge in [-0.3, -0.25) is 9.48 Å². The van der Waals surface area contributed by atoms with Crippen LogP contribution in [0.15, 0.2) is 12.4 Å². The number of hydrogen-bond donors (Lipinski definition) is 2. The van der Waals surface area contributed by atoms with Gasteiger partial charge in [0.1, 0.15) is 0 Å². The molecule has 0 saturated heterocycles. The Labute approximate surface area is 108 Å². The molecule has 1 amide bonds. The Hall–Kier alpha value is -1.96. The maximum absolute atomic E-state index is 11.7. The van der Waals surface area contributed by atoms with Crippen LogP contribution in [0, 0.1) is 0 Å². The Morgan fingerprint density at radius 3 is 2.94 bits per heavy atom. The standard InChI is InChI=1S/C10H14N6OS/c1-11-10-15-14-9(18-10)8(17)12-4-3-7-5-13-16(2)6-7/h5-6H,3-4H2,1-2H3,(H,11,15)(H,12,17). The van der Waals surface area contributed by atoms with Gasteiger partial charge in [0.15, 0.2) is 0 Å². The lowest BCUT2D eigenvalue weighted by Crippen LogP contribution is -2.25. The molecule has 0 spiro atoms. The monoisotopic (exact) mass is 266 g/mol. The van der Waals surface area contributed by atoms with E-state index >= 15 is 0 Å². The molecule has 96 valence electrons. The summed E-state index contributed by atoms with van der Waals surface area (Å²) in [6.45, 7) is 0.555. The van der Waals surface area contributed by atoms with E-state index in [1.54, 1.807) is 17.9 Å². The number of amides is 1. The lowest BCUT2D eigenvalue weighted by molar-refractivity contribution is 0.0953. The van der Waals surface area contributed by atoms with Crippen LogP contribution in [0.1, 0.15) is 15.4 Å². The van der Waals surface area contributed by atoms with Crippen molar-refractivity contribution < 1.29 is 4.79 Å². The molecular formula is C10H14N6OS. The van der Waals surface area contributed by atoms with Crippen molar-refractivity contribution >= 4 is 22.4 Å². The van der Waals surface area contributed by atoms with E-state index in [0.717, 1.165) is 12.0 Å². The first-order valence-electron chi connectivity index (χ1n) is 5.46. The Morgan fingerprint density at radius 1 is 1.50 bits per heavy atom. The minimum absolute atomic E-state index is 0.196. The number of rotatable bonds is 5. The molecule has 0 bridgehead atoms. The summed E-state index contributed by atoms with van der Waals surface area (Å²) < 4.78 is 1.74. The van der Waals surface area contributed by atoms with Crippen LogP contribution in [0.25, 0.3) is 0 Å². The summed E-state index contributed by atoms with van der Waals surface area (Å²) in [4.78, 5) is 11.7. The van der Waals surface area contributed by atoms with Crippen LogP contribution >= 0.6 is 11.3 Å². The molecule has 0 radical (unpaired) electrons. The Balaban J connectivity index is 1.81. The number of hydrogen-bond acceptors (Lipinski definition) is 6. The number of aryl methyl sites for hydroxylation is 1. The highest BCUT2D eigenvalue weighted by atomic mass is 32.1. The average Bonchev–Trinajstić information content (AvgIpc) is 2.98. The fourth-order valence-corrected chi connectivity index (χ4v) is 2.03. The van der Waals surface area contributed by atoms with Crippen molar-refractivity contribution in [3.8, 4) is 0 Å². The fraction of sp³-hybridized carbons (Fsp3) is 0.400. The average molecular weight is 266 g/mol. The van der Waals surface area contributed by atoms with Gasteiger partial charge < -0.3 is 10.6 Å². The molecule has 2 heterocycles. The van der Waals surface area contributed by atoms with Crippen LogP contribution in [0.3, 0.4) is 0 Å². The summed E-state index contributed by atoms with van der Waals surface area (Å²) >= 11 is 1.23. The quantitative estimate of drug-likeness (QED) is 0.812. The van der Waals surface area contributed by atoms with Crippen LogP contribution < -0.4 is 10.6 Å². The van der Waals surface area contributed by atoms with Gasteiger partial charge in [0, 0.05) is 26.8 Å². The molecule has 0 aliphatic carbocycles. The van der Waals surface area contributed by atoms with Crippen molar-refractivity contribution in [1.29, 1.82) is 0 Å². The number of aromatic nitrogens is 4. The predicted octanol–water partition coefficient (Wildman–Crippen LogP) is 0.286. The minimum atomic E-state index is -0.196. The molecule has 0 aliphatic rings. The van der Waals surface area contributed by atoms with Gasteiger partial charge in [0.05, 0.1) is 6.20 Å². The molecule has 0 aromatic carbocycles. The first kappa shape index (κ1) is 12.5. The zero-order valence-corrected chi connectivity index (χ0v) is 11.0. The molecule has 2 aromatic rings. The van der Waals surface area contributed by atoms with E-state index in [0.29, 0.717) is 16.7 Å². The number of carbonyl (C=O) groups is 1. The van der Waals surface area contributed by atoms with E-state index in [-0.39, 0.29) is 5.91 Å². The SMILES string of the molecule is CNc1nnc(C(=O)NCCc2cnn(C)c2)s1. The van der Waals surface area contributed by atoms with Gasteiger partial charge in [-0.1, -0.05) is 11.3 Å². The van der Waals surface area contributed by atoms with Gasteiger partial charge in [-0.05, 0) is 12.0 Å². The van der Waals surface area contributed by atoms with E-state index in [9.17, 15) is 4.79 Å². The highest BCUT2D eigenvalue weighted by Gasteiger charge is 2.11. The van der Waals surface area contributed by atoms with E-state index in [1.807, 2.05) is 13.2 Å². The highest BCUT2D eigenvalue weighted by Crippen LogP contribution is 2.13. The fourth-order valence-electron chi connectivity index (χ4n) is 1.41. The number of carbonyl (C=O) groups excluding carboxylic acids is 1. The third-order valence-corrected chi connectivity index (χ3v) is 3.23. The van der Waals surface area contributed by atoms with Crippen LogP contribution in [-0.2, 0) is 13.5 Å². The smallest absolute Gasteiger partial charge is 0.282 e. The number of nitrogens with zero attached hydrogens (tertiary/aromatic N) is 4. The van der Waals surface area contributed by atoms with Crippen LogP contribution in [-0.4, -0.2) is 39.5 Å². The molecule has 0 atom stereocenters. The van der Waals surface area contributed by atoms with E-state index in [2.05, 4.69) is 25.9 Å². The maximum Gasteiger partial charge on any atom is 0.282 e. The lowest BCUT2D eigenvalue weighted by Gasteiger charge is -2.00. The molecular weight excluding hydrogens is 252 g/mol. The molecule has 2 aromatic heterocycles. The van der Waals surface area contributed by atoms with E-state index < -0.39 is 0 Å². The third-order valence-electron chi connectivity index (χ3n) is 2.29. The molecule has 7 nitrogen and oxygen atoms in total. The minimum Gasteiger partial charge on any atom is -0.363 e. The molecule has 2 N–H and O–H groups in total. The van der Waals surface area contributed by atoms with Crippen molar-refractivity contribution in [3.63, 3.8) is 0 Å². The molecule has 2 rings (SSSR count). The first-order valence-corrected chi connectivity index (χ1v) is 6.27. The van der Waals surface area contributed by atoms with Crippen molar-refractivity contribution in [2.45, 2.75) is 6.42 Å². The second kappa shape index (κ2) is 5.58. The van der Waals surface area contributed by atoms with Crippen LogP contribution in [0.5, 0.6) is 0 Å². The highest BCUT2D eigenvalue weighted by molar-refractivity contribution is 7.17. The van der Waals surface area contributed by atoms with Crippen molar-refractivity contribution in [1.82, 2.24) is 25.3 Å². The Bertz CT molecular complexity index is 534. The summed E-state index contributed by atoms with van der Waals surface area (Å²) in [5, 5.41) is 18.3. The Morgan fingerprint density at radius 2 is 2.33 bits per heavy atom. The number of nitrogens with one attached hydrogen (secondary N) is 2. The second-order valence-electron chi connectivity index (χ2n) is 3.69. The molecule has 18 heavy (non-hydrogen) atoms. The number of anilines is 1. The second-order valence-corrected chi connectivity index (χ2v) is 4.67. The normalized spacial score (nSPS) is 10.3. The zero-order valence-electron chi connectivity index (χ0n) is 10.2. The molecule has 0 aliphatic heterocycles. The summed E-state index contributed by atoms with van der Waals surface area (Å²) in [5.74, 6) is -0.196. The summed E-state index contributed by atoms with van der Waals surface area (Å²) in [5.41, 5.74) is 1.09. The van der Waals surface area contributed by atoms with E-state index in [4.69, 9.17) is 0 Å². The van der Waals surface area contributed by atoms with E-state index in [1.165, 1.54) is 11.3 Å². The van der Waals surface area contributed by atoms with Gasteiger partial charge >= 0.3 is 0 Å². The Kier molecular flexibility index (Phi) is 3.88. The third kappa shape index (κ3) is 3.04. The van der Waals surface area contributed by atoms with Gasteiger partial charge in [-0.15, -0.1) is 10.2 Å². The van der Waals surface area contributed by atoms with Crippen LogP contribution in [0.4, 0.5) is 5.13 Å². The van der Waals surface area contributed by atoms with Gasteiger partial charge in [-0.25, -0.2) is 0 Å². The topological polar surface area (TPSA) is 84.7 Å². The van der Waals surface area contributed by atoms with Gasteiger partial charge in [0.25, 0.3) is 5.91 Å².